The van der Waals surface area contributed by atoms with Gasteiger partial charge in [-0.1, -0.05) is 54.1 Å². The highest BCUT2D eigenvalue weighted by Gasteiger charge is 2.36. The fourth-order valence-corrected chi connectivity index (χ4v) is 3.17. The number of ether oxygens (including phenoxy) is 1. The Kier molecular flexibility index (Phi) is 5.82. The zero-order valence-electron chi connectivity index (χ0n) is 16.2. The number of carbonyl (C=O) groups excluding carboxylic acids is 3. The number of urea groups is 1. The number of imide groups is 2. The number of hydrogen-bond acceptors (Lipinski definition) is 4. The first-order chi connectivity index (χ1) is 15.0. The van der Waals surface area contributed by atoms with Crippen LogP contribution >= 0.6 is 11.6 Å². The molecule has 1 saturated heterocycles. The summed E-state index contributed by atoms with van der Waals surface area (Å²) in [5.74, 6) is -0.772. The predicted octanol–water partition coefficient (Wildman–Crippen LogP) is 4.59. The van der Waals surface area contributed by atoms with Gasteiger partial charge in [0.1, 0.15) is 17.9 Å². The zero-order chi connectivity index (χ0) is 21.8. The van der Waals surface area contributed by atoms with Crippen LogP contribution in [0.2, 0.25) is 5.02 Å². The van der Waals surface area contributed by atoms with Crippen LogP contribution in [0.15, 0.2) is 84.4 Å². The lowest BCUT2D eigenvalue weighted by molar-refractivity contribution is -0.122. The van der Waals surface area contributed by atoms with E-state index in [2.05, 4.69) is 5.32 Å². The molecule has 0 saturated carbocycles. The third-order valence-corrected chi connectivity index (χ3v) is 4.88. The summed E-state index contributed by atoms with van der Waals surface area (Å²) in [5.41, 5.74) is 1.86. The minimum Gasteiger partial charge on any atom is -0.489 e. The van der Waals surface area contributed by atoms with E-state index in [4.69, 9.17) is 16.3 Å². The first kappa shape index (κ1) is 20.4. The molecule has 0 bridgehead atoms. The Hall–Kier alpha value is -3.90. The molecule has 1 aliphatic heterocycles. The Morgan fingerprint density at radius 2 is 1.55 bits per heavy atom. The molecule has 3 aromatic rings. The molecule has 4 amide bonds. The predicted molar refractivity (Wildman–Crippen MR) is 118 cm³/mol. The number of barbiturate groups is 1. The standard InChI is InChI=1S/C24H17ClN2O4/c25-18-10-6-17(7-11-18)15-31-20-12-8-16(9-13-20)14-21-22(28)26-24(30)27(23(21)29)19-4-2-1-3-5-19/h1-14H,15H2,(H,26,28,30)/b21-14+. The van der Waals surface area contributed by atoms with Crippen LogP contribution in [-0.4, -0.2) is 17.8 Å². The van der Waals surface area contributed by atoms with E-state index in [1.54, 1.807) is 66.7 Å². The van der Waals surface area contributed by atoms with Crippen molar-refractivity contribution in [2.75, 3.05) is 4.90 Å². The molecule has 6 nitrogen and oxygen atoms in total. The van der Waals surface area contributed by atoms with E-state index in [0.29, 0.717) is 28.6 Å². The molecule has 0 radical (unpaired) electrons. The quantitative estimate of drug-likeness (QED) is 0.472. The maximum Gasteiger partial charge on any atom is 0.335 e. The van der Waals surface area contributed by atoms with Crippen molar-refractivity contribution in [2.24, 2.45) is 0 Å². The van der Waals surface area contributed by atoms with Gasteiger partial charge in [0.15, 0.2) is 0 Å². The minimum atomic E-state index is -0.774. The topological polar surface area (TPSA) is 75.7 Å². The molecule has 154 valence electrons. The van der Waals surface area contributed by atoms with Crippen LogP contribution in [-0.2, 0) is 16.2 Å². The monoisotopic (exact) mass is 432 g/mol. The lowest BCUT2D eigenvalue weighted by Gasteiger charge is -2.26. The molecule has 1 N–H and O–H groups in total. The van der Waals surface area contributed by atoms with Crippen LogP contribution in [0, 0.1) is 0 Å². The number of carbonyl (C=O) groups is 3. The van der Waals surface area contributed by atoms with Gasteiger partial charge in [0.05, 0.1) is 5.69 Å². The minimum absolute atomic E-state index is 0.127. The van der Waals surface area contributed by atoms with E-state index in [0.717, 1.165) is 10.5 Å². The maximum atomic E-state index is 12.8. The summed E-state index contributed by atoms with van der Waals surface area (Å²) in [7, 11) is 0. The molecule has 0 aliphatic carbocycles. The van der Waals surface area contributed by atoms with Gasteiger partial charge in [0, 0.05) is 5.02 Å². The zero-order valence-corrected chi connectivity index (χ0v) is 17.0. The Bertz CT molecular complexity index is 1160. The van der Waals surface area contributed by atoms with Crippen molar-refractivity contribution in [1.29, 1.82) is 0 Å². The molecular formula is C24H17ClN2O4. The fourth-order valence-electron chi connectivity index (χ4n) is 3.04. The van der Waals surface area contributed by atoms with Gasteiger partial charge in [-0.05, 0) is 53.6 Å². The van der Waals surface area contributed by atoms with Gasteiger partial charge < -0.3 is 4.74 Å². The second kappa shape index (κ2) is 8.85. The number of rotatable bonds is 5. The molecule has 1 fully saturated rings. The first-order valence-electron chi connectivity index (χ1n) is 9.45. The highest BCUT2D eigenvalue weighted by Crippen LogP contribution is 2.22. The van der Waals surface area contributed by atoms with E-state index < -0.39 is 17.8 Å². The Labute approximate surface area is 183 Å². The fraction of sp³-hybridized carbons (Fsp3) is 0.0417. The summed E-state index contributed by atoms with van der Waals surface area (Å²) in [4.78, 5) is 38.2. The van der Waals surface area contributed by atoms with Gasteiger partial charge in [0.2, 0.25) is 0 Å². The molecule has 4 rings (SSSR count). The van der Waals surface area contributed by atoms with E-state index >= 15 is 0 Å². The van der Waals surface area contributed by atoms with E-state index in [1.807, 2.05) is 12.1 Å². The molecule has 1 aliphatic rings. The molecule has 31 heavy (non-hydrogen) atoms. The summed E-state index contributed by atoms with van der Waals surface area (Å²) in [6.45, 7) is 0.382. The van der Waals surface area contributed by atoms with Crippen LogP contribution in [0.3, 0.4) is 0 Å². The number of halogens is 1. The molecule has 3 aromatic carbocycles. The van der Waals surface area contributed by atoms with E-state index in [-0.39, 0.29) is 5.57 Å². The van der Waals surface area contributed by atoms with Crippen molar-refractivity contribution in [3.05, 3.63) is 101 Å². The summed E-state index contributed by atoms with van der Waals surface area (Å²) in [5, 5.41) is 2.87. The van der Waals surface area contributed by atoms with E-state index in [1.165, 1.54) is 6.08 Å². The highest BCUT2D eigenvalue weighted by molar-refractivity contribution is 6.39. The number of nitrogens with zero attached hydrogens (tertiary/aromatic N) is 1. The average molecular weight is 433 g/mol. The van der Waals surface area contributed by atoms with E-state index in [9.17, 15) is 14.4 Å². The van der Waals surface area contributed by atoms with Crippen LogP contribution in [0.5, 0.6) is 5.75 Å². The molecule has 0 aromatic heterocycles. The average Bonchev–Trinajstić information content (AvgIpc) is 2.78. The molecule has 7 heteroatoms. The number of anilines is 1. The second-order valence-electron chi connectivity index (χ2n) is 6.78. The van der Waals surface area contributed by atoms with Crippen LogP contribution < -0.4 is 15.0 Å². The van der Waals surface area contributed by atoms with Gasteiger partial charge in [-0.2, -0.15) is 0 Å². The van der Waals surface area contributed by atoms with Gasteiger partial charge in [0.25, 0.3) is 11.8 Å². The van der Waals surface area contributed by atoms with Crippen LogP contribution in [0.1, 0.15) is 11.1 Å². The van der Waals surface area contributed by atoms with Gasteiger partial charge in [-0.15, -0.1) is 0 Å². The van der Waals surface area contributed by atoms with Crippen molar-refractivity contribution in [3.8, 4) is 5.75 Å². The SMILES string of the molecule is O=C1NC(=O)N(c2ccccc2)C(=O)/C1=C/c1ccc(OCc2ccc(Cl)cc2)cc1. The summed E-state index contributed by atoms with van der Waals surface area (Å²) in [6, 6.07) is 22.0. The van der Waals surface area contributed by atoms with Crippen molar-refractivity contribution in [3.63, 3.8) is 0 Å². The van der Waals surface area contributed by atoms with Crippen molar-refractivity contribution in [1.82, 2.24) is 5.32 Å². The summed E-state index contributed by atoms with van der Waals surface area (Å²) in [6.07, 6.45) is 1.45. The highest BCUT2D eigenvalue weighted by atomic mass is 35.5. The largest absolute Gasteiger partial charge is 0.489 e. The smallest absolute Gasteiger partial charge is 0.335 e. The third-order valence-electron chi connectivity index (χ3n) is 4.63. The summed E-state index contributed by atoms with van der Waals surface area (Å²) < 4.78 is 5.75. The Balaban J connectivity index is 1.50. The molecule has 0 atom stereocenters. The third kappa shape index (κ3) is 4.65. The lowest BCUT2D eigenvalue weighted by Crippen LogP contribution is -2.54. The van der Waals surface area contributed by atoms with Crippen molar-refractivity contribution in [2.45, 2.75) is 6.61 Å². The molecule has 1 heterocycles. The summed E-state index contributed by atoms with van der Waals surface area (Å²) >= 11 is 5.88. The maximum absolute atomic E-state index is 12.8. The number of benzene rings is 3. The first-order valence-corrected chi connectivity index (χ1v) is 9.83. The van der Waals surface area contributed by atoms with Gasteiger partial charge >= 0.3 is 6.03 Å². The van der Waals surface area contributed by atoms with Crippen molar-refractivity contribution < 1.29 is 19.1 Å². The van der Waals surface area contributed by atoms with Gasteiger partial charge in [-0.3, -0.25) is 14.9 Å². The lowest BCUT2D eigenvalue weighted by atomic mass is 10.1. The number of amides is 4. The number of para-hydroxylation sites is 1. The van der Waals surface area contributed by atoms with Crippen molar-refractivity contribution >= 4 is 41.2 Å². The Morgan fingerprint density at radius 3 is 2.23 bits per heavy atom. The van der Waals surface area contributed by atoms with Crippen LogP contribution in [0.25, 0.3) is 6.08 Å². The number of hydrogen-bond donors (Lipinski definition) is 1. The molecule has 0 spiro atoms. The molecular weight excluding hydrogens is 416 g/mol. The number of nitrogens with one attached hydrogen (secondary N) is 1. The van der Waals surface area contributed by atoms with Crippen LogP contribution in [0.4, 0.5) is 10.5 Å². The normalized spacial score (nSPS) is 15.2. The Morgan fingerprint density at radius 1 is 0.871 bits per heavy atom. The molecule has 0 unspecified atom stereocenters. The second-order valence-corrected chi connectivity index (χ2v) is 7.21. The van der Waals surface area contributed by atoms with Gasteiger partial charge in [-0.25, -0.2) is 9.69 Å².